The summed E-state index contributed by atoms with van der Waals surface area (Å²) in [4.78, 5) is 52.2. The number of rotatable bonds is 12. The minimum atomic E-state index is -4.80. The lowest BCUT2D eigenvalue weighted by Gasteiger charge is -2.45. The van der Waals surface area contributed by atoms with Crippen molar-refractivity contribution in [2.45, 2.75) is 60.9 Å². The van der Waals surface area contributed by atoms with Crippen LogP contribution in [0.2, 0.25) is 0 Å². The first-order valence-electron chi connectivity index (χ1n) is 22.9. The van der Waals surface area contributed by atoms with Gasteiger partial charge in [0.25, 0.3) is 0 Å². The van der Waals surface area contributed by atoms with Gasteiger partial charge in [-0.3, -0.25) is 14.6 Å². The number of ketones is 1. The molecule has 0 amide bonds. The van der Waals surface area contributed by atoms with E-state index in [9.17, 15) is 26.3 Å². The predicted molar refractivity (Wildman–Crippen MR) is 235 cm³/mol. The Morgan fingerprint density at radius 1 is 0.529 bits per heavy atom. The number of nitrogens with zero attached hydrogens (tertiary/aromatic N) is 10. The Morgan fingerprint density at radius 2 is 0.868 bits per heavy atom. The average Bonchev–Trinajstić information content (AvgIpc) is 4.30. The maximum atomic E-state index is 16.4. The summed E-state index contributed by atoms with van der Waals surface area (Å²) in [5, 5.41) is 0. The first-order valence-corrected chi connectivity index (χ1v) is 22.9. The van der Waals surface area contributed by atoms with E-state index in [-0.39, 0.29) is 51.8 Å². The molecule has 4 aromatic rings. The number of Topliss-reactive ketones (excluding diaryl/α,β-unsaturated/α-hetero) is 1. The van der Waals surface area contributed by atoms with Gasteiger partial charge in [0.2, 0.25) is 11.9 Å². The van der Waals surface area contributed by atoms with E-state index in [2.05, 4.69) is 19.8 Å². The van der Waals surface area contributed by atoms with Crippen LogP contribution in [0.5, 0.6) is 0 Å². The van der Waals surface area contributed by atoms with E-state index >= 15 is 4.79 Å². The topological polar surface area (TPSA) is 196 Å². The van der Waals surface area contributed by atoms with Crippen molar-refractivity contribution in [2.75, 3.05) is 126 Å². The van der Waals surface area contributed by atoms with Gasteiger partial charge in [-0.25, -0.2) is 29.9 Å². The van der Waals surface area contributed by atoms with E-state index in [1.54, 1.807) is 12.1 Å². The molecule has 6 aliphatic rings. The third kappa shape index (κ3) is 9.03. The summed E-state index contributed by atoms with van der Waals surface area (Å²) in [7, 11) is 0. The maximum Gasteiger partial charge on any atom is 0.417 e. The van der Waals surface area contributed by atoms with Crippen LogP contribution in [0.1, 0.15) is 48.2 Å². The molecule has 364 valence electrons. The van der Waals surface area contributed by atoms with Gasteiger partial charge >= 0.3 is 12.4 Å². The molecule has 8 heterocycles. The second-order valence-electron chi connectivity index (χ2n) is 18.2. The number of aromatic nitrogens is 6. The quantitative estimate of drug-likeness (QED) is 0.193. The molecule has 0 bridgehead atoms. The maximum absolute atomic E-state index is 16.4. The molecule has 68 heavy (non-hydrogen) atoms. The summed E-state index contributed by atoms with van der Waals surface area (Å²) in [6.45, 7) is 5.87. The number of ether oxygens (including phenoxy) is 4. The van der Waals surface area contributed by atoms with Crippen LogP contribution in [0.3, 0.4) is 0 Å². The normalized spacial score (nSPS) is 22.1. The van der Waals surface area contributed by atoms with Crippen molar-refractivity contribution < 1.29 is 50.1 Å². The molecule has 0 spiro atoms. The fraction of sp³-hybridized carbons (Fsp3) is 0.578. The van der Waals surface area contributed by atoms with Crippen LogP contribution in [0, 0.1) is 0 Å². The van der Waals surface area contributed by atoms with E-state index in [4.69, 9.17) is 50.4 Å². The molecule has 17 nitrogen and oxygen atoms in total. The number of nitrogens with two attached hydrogens (primary N) is 2. The van der Waals surface area contributed by atoms with Crippen molar-refractivity contribution in [3.8, 4) is 22.5 Å². The van der Waals surface area contributed by atoms with Crippen molar-refractivity contribution in [3.05, 3.63) is 59.2 Å². The monoisotopic (exact) mass is 954 g/mol. The van der Waals surface area contributed by atoms with Crippen molar-refractivity contribution in [1.82, 2.24) is 39.7 Å². The summed E-state index contributed by atoms with van der Waals surface area (Å²) >= 11 is 0. The Morgan fingerprint density at radius 3 is 1.19 bits per heavy atom. The molecule has 0 radical (unpaired) electrons. The zero-order valence-corrected chi connectivity index (χ0v) is 37.2. The van der Waals surface area contributed by atoms with Crippen molar-refractivity contribution in [2.24, 2.45) is 0 Å². The third-order valence-corrected chi connectivity index (χ3v) is 14.0. The van der Waals surface area contributed by atoms with Crippen LogP contribution >= 0.6 is 0 Å². The van der Waals surface area contributed by atoms with E-state index in [0.717, 1.165) is 24.5 Å². The van der Waals surface area contributed by atoms with Crippen LogP contribution in [0.25, 0.3) is 22.5 Å². The molecule has 2 atom stereocenters. The molecule has 2 aliphatic carbocycles. The van der Waals surface area contributed by atoms with Gasteiger partial charge in [0.15, 0.2) is 5.78 Å². The lowest BCUT2D eigenvalue weighted by molar-refractivity contribution is -0.137. The van der Waals surface area contributed by atoms with Crippen LogP contribution in [0.15, 0.2) is 36.7 Å². The van der Waals surface area contributed by atoms with Crippen LogP contribution in [-0.2, 0) is 46.9 Å². The first-order chi connectivity index (χ1) is 32.6. The lowest BCUT2D eigenvalue weighted by atomic mass is 9.78. The Balaban J connectivity index is 1.13. The molecular formula is C45H52F6N12O5. The van der Waals surface area contributed by atoms with Crippen molar-refractivity contribution >= 4 is 29.3 Å². The lowest BCUT2D eigenvalue weighted by Crippen LogP contribution is -2.62. The molecule has 10 rings (SSSR count). The summed E-state index contributed by atoms with van der Waals surface area (Å²) in [6.07, 6.45) is -5.52. The van der Waals surface area contributed by atoms with Crippen molar-refractivity contribution in [1.29, 1.82) is 0 Å². The molecule has 0 aromatic carbocycles. The Bertz CT molecular complexity index is 2330. The number of pyridine rings is 2. The van der Waals surface area contributed by atoms with Gasteiger partial charge in [0.1, 0.15) is 11.6 Å². The van der Waals surface area contributed by atoms with Crippen LogP contribution in [0.4, 0.5) is 49.9 Å². The smallest absolute Gasteiger partial charge is 0.384 e. The second-order valence-corrected chi connectivity index (χ2v) is 18.2. The van der Waals surface area contributed by atoms with Gasteiger partial charge in [-0.2, -0.15) is 26.3 Å². The molecule has 4 N–H and O–H groups in total. The zero-order valence-electron chi connectivity index (χ0n) is 37.2. The molecule has 4 saturated heterocycles. The molecule has 23 heteroatoms. The number of carbonyl (C=O) groups is 1. The van der Waals surface area contributed by atoms with Gasteiger partial charge in [0, 0.05) is 86.7 Å². The number of morpholine rings is 4. The van der Waals surface area contributed by atoms with Crippen LogP contribution in [-0.4, -0.2) is 163 Å². The summed E-state index contributed by atoms with van der Waals surface area (Å²) in [5.41, 5.74) is 7.86. The van der Waals surface area contributed by atoms with E-state index in [1.165, 1.54) is 0 Å². The van der Waals surface area contributed by atoms with Gasteiger partial charge in [-0.05, 0) is 49.9 Å². The average molecular weight is 955 g/mol. The number of hydrogen-bond acceptors (Lipinski definition) is 17. The van der Waals surface area contributed by atoms with E-state index in [1.807, 2.05) is 9.80 Å². The van der Waals surface area contributed by atoms with Gasteiger partial charge in [0.05, 0.1) is 98.8 Å². The number of alkyl halides is 6. The third-order valence-electron chi connectivity index (χ3n) is 14.0. The molecule has 4 aromatic heterocycles. The Hall–Kier alpha value is -5.33. The van der Waals surface area contributed by atoms with Gasteiger partial charge in [-0.1, -0.05) is 0 Å². The number of anilines is 4. The highest BCUT2D eigenvalue weighted by Gasteiger charge is 2.64. The Kier molecular flexibility index (Phi) is 12.4. The minimum absolute atomic E-state index is 0.0151. The highest BCUT2D eigenvalue weighted by atomic mass is 19.4. The number of carbonyl (C=O) groups excluding carboxylic acids is 1. The summed E-state index contributed by atoms with van der Waals surface area (Å²) in [5.74, 6) is -0.355. The molecule has 2 unspecified atom stereocenters. The molecule has 2 saturated carbocycles. The standard InChI is InChI=1S/C45H52F6N12O5/c46-44(47,48)29-21-35(52)54-25-27(29)31-23-33(58-40(56-31)62-9-17-67-18-10-62)42(1-2-42)38(60-5-13-65-14-6-60)37(64)39(61-7-15-66-16-8-61)43(3-4-43)34-24-32(57-41(59-34)63-11-19-68-20-12-63)28-26-55-36(53)22-30(28)45(49,50)51/h21-26,38-39H,1-20H2,(H2,52,54)(H2,53,55). The fourth-order valence-electron chi connectivity index (χ4n) is 10.3. The van der Waals surface area contributed by atoms with Crippen LogP contribution < -0.4 is 21.3 Å². The summed E-state index contributed by atoms with van der Waals surface area (Å²) in [6, 6.07) is 2.97. The zero-order chi connectivity index (χ0) is 47.4. The molecule has 4 aliphatic heterocycles. The van der Waals surface area contributed by atoms with Gasteiger partial charge < -0.3 is 40.2 Å². The highest BCUT2D eigenvalue weighted by molar-refractivity contribution is 5.93. The largest absolute Gasteiger partial charge is 0.417 e. The Labute approximate surface area is 387 Å². The number of halogens is 6. The minimum Gasteiger partial charge on any atom is -0.384 e. The molecule has 6 fully saturated rings. The predicted octanol–water partition coefficient (Wildman–Crippen LogP) is 4.00. The highest BCUT2D eigenvalue weighted by Crippen LogP contribution is 2.58. The number of hydrogen-bond donors (Lipinski definition) is 2. The fourth-order valence-corrected chi connectivity index (χ4v) is 10.3. The summed E-state index contributed by atoms with van der Waals surface area (Å²) < 4.78 is 111. The molecular weight excluding hydrogens is 903 g/mol. The number of nitrogen functional groups attached to an aromatic ring is 2. The van der Waals surface area contributed by atoms with E-state index < -0.39 is 46.4 Å². The van der Waals surface area contributed by atoms with E-state index in [0.29, 0.717) is 142 Å². The van der Waals surface area contributed by atoms with Gasteiger partial charge in [-0.15, -0.1) is 0 Å². The van der Waals surface area contributed by atoms with Crippen molar-refractivity contribution in [3.63, 3.8) is 0 Å². The first kappa shape index (κ1) is 46.4. The SMILES string of the molecule is Nc1cc(C(F)(F)F)c(-c2cc(C3(C(C(=O)C(N4CCOCC4)C4(c5cc(-c6cnc(N)cc6C(F)(F)F)nc(N6CCOCC6)n5)CC4)N4CCOCC4)CC3)nc(N3CCOCC3)n2)cn1. The second kappa shape index (κ2) is 18.2.